The summed E-state index contributed by atoms with van der Waals surface area (Å²) in [6.07, 6.45) is 5.03. The van der Waals surface area contributed by atoms with Crippen molar-refractivity contribution in [2.45, 2.75) is 40.2 Å². The van der Waals surface area contributed by atoms with Crippen molar-refractivity contribution in [3.63, 3.8) is 0 Å². The van der Waals surface area contributed by atoms with E-state index in [4.69, 9.17) is 0 Å². The van der Waals surface area contributed by atoms with Gasteiger partial charge in [-0.2, -0.15) is 0 Å². The van der Waals surface area contributed by atoms with Crippen LogP contribution in [-0.2, 0) is 14.8 Å². The normalized spacial score (nSPS) is 14.4. The SMILES string of the molecule is C/C=C/S(=O)(=O)NC(C)C/C=C/C(=O)NCC(C)C. The molecule has 0 aromatic carbocycles. The van der Waals surface area contributed by atoms with Crippen LogP contribution in [0.1, 0.15) is 34.1 Å². The summed E-state index contributed by atoms with van der Waals surface area (Å²) in [5.41, 5.74) is 0. The zero-order valence-corrected chi connectivity index (χ0v) is 12.8. The molecule has 0 aliphatic heterocycles. The Morgan fingerprint density at radius 2 is 1.89 bits per heavy atom. The molecular formula is C13H24N2O3S. The fraction of sp³-hybridized carbons (Fsp3) is 0.615. The molecule has 0 bridgehead atoms. The van der Waals surface area contributed by atoms with Crippen molar-refractivity contribution in [1.29, 1.82) is 0 Å². The number of sulfonamides is 1. The number of carbonyl (C=O) groups excluding carboxylic acids is 1. The van der Waals surface area contributed by atoms with Crippen LogP contribution >= 0.6 is 0 Å². The largest absolute Gasteiger partial charge is 0.352 e. The average Bonchev–Trinajstić information content (AvgIpc) is 2.25. The Kier molecular flexibility index (Phi) is 8.34. The number of nitrogens with one attached hydrogen (secondary N) is 2. The fourth-order valence-electron chi connectivity index (χ4n) is 1.29. The smallest absolute Gasteiger partial charge is 0.243 e. The van der Waals surface area contributed by atoms with E-state index in [1.807, 2.05) is 13.8 Å². The summed E-state index contributed by atoms with van der Waals surface area (Å²) in [6, 6.07) is -0.254. The Morgan fingerprint density at radius 1 is 1.26 bits per heavy atom. The number of carbonyl (C=O) groups is 1. The Morgan fingerprint density at radius 3 is 2.42 bits per heavy atom. The van der Waals surface area contributed by atoms with E-state index in [1.165, 1.54) is 12.2 Å². The summed E-state index contributed by atoms with van der Waals surface area (Å²) in [4.78, 5) is 11.4. The number of allylic oxidation sites excluding steroid dienone is 1. The van der Waals surface area contributed by atoms with Crippen LogP contribution in [-0.4, -0.2) is 26.9 Å². The van der Waals surface area contributed by atoms with Crippen LogP contribution < -0.4 is 10.0 Å². The molecule has 0 rings (SSSR count). The molecule has 2 N–H and O–H groups in total. The van der Waals surface area contributed by atoms with Gasteiger partial charge in [0.05, 0.1) is 0 Å². The molecule has 0 aromatic heterocycles. The van der Waals surface area contributed by atoms with E-state index in [0.717, 1.165) is 5.41 Å². The Labute approximate surface area is 116 Å². The van der Waals surface area contributed by atoms with Crippen molar-refractivity contribution < 1.29 is 13.2 Å². The Balaban J connectivity index is 4.09. The van der Waals surface area contributed by atoms with Gasteiger partial charge >= 0.3 is 0 Å². The standard InChI is InChI=1S/C13H24N2O3S/c1-5-9-19(17,18)15-12(4)7-6-8-13(16)14-10-11(2)3/h5-6,8-9,11-12,15H,7,10H2,1-4H3,(H,14,16)/b8-6+,9-5+. The molecule has 0 heterocycles. The molecule has 6 heteroatoms. The molecule has 0 spiro atoms. The van der Waals surface area contributed by atoms with E-state index >= 15 is 0 Å². The number of hydrogen-bond acceptors (Lipinski definition) is 3. The van der Waals surface area contributed by atoms with Crippen molar-refractivity contribution in [3.05, 3.63) is 23.6 Å². The molecular weight excluding hydrogens is 264 g/mol. The zero-order valence-electron chi connectivity index (χ0n) is 12.0. The highest BCUT2D eigenvalue weighted by atomic mass is 32.2. The maximum absolute atomic E-state index is 11.4. The minimum absolute atomic E-state index is 0.155. The molecule has 0 radical (unpaired) electrons. The maximum Gasteiger partial charge on any atom is 0.243 e. The van der Waals surface area contributed by atoms with Crippen LogP contribution in [0.4, 0.5) is 0 Å². The minimum Gasteiger partial charge on any atom is -0.352 e. The summed E-state index contributed by atoms with van der Waals surface area (Å²) in [5, 5.41) is 3.86. The lowest BCUT2D eigenvalue weighted by molar-refractivity contribution is -0.116. The molecule has 0 aliphatic rings. The summed E-state index contributed by atoms with van der Waals surface area (Å²) >= 11 is 0. The number of amides is 1. The van der Waals surface area contributed by atoms with Gasteiger partial charge in [0.2, 0.25) is 15.9 Å². The summed E-state index contributed by atoms with van der Waals surface area (Å²) in [7, 11) is -3.37. The monoisotopic (exact) mass is 288 g/mol. The molecule has 1 amide bonds. The number of rotatable bonds is 8. The van der Waals surface area contributed by atoms with Gasteiger partial charge in [0.1, 0.15) is 0 Å². The predicted molar refractivity (Wildman–Crippen MR) is 77.9 cm³/mol. The Bertz CT molecular complexity index is 425. The van der Waals surface area contributed by atoms with Crippen LogP contribution in [0.3, 0.4) is 0 Å². The van der Waals surface area contributed by atoms with Gasteiger partial charge in [0.15, 0.2) is 0 Å². The van der Waals surface area contributed by atoms with Crippen molar-refractivity contribution in [1.82, 2.24) is 10.0 Å². The van der Waals surface area contributed by atoms with E-state index in [0.29, 0.717) is 18.9 Å². The Hall–Kier alpha value is -1.14. The van der Waals surface area contributed by atoms with E-state index in [-0.39, 0.29) is 11.9 Å². The van der Waals surface area contributed by atoms with Gasteiger partial charge in [-0.15, -0.1) is 0 Å². The van der Waals surface area contributed by atoms with Crippen molar-refractivity contribution in [2.24, 2.45) is 5.92 Å². The molecule has 1 atom stereocenters. The third-order valence-corrected chi connectivity index (χ3v) is 3.49. The predicted octanol–water partition coefficient (Wildman–Crippen LogP) is 1.55. The van der Waals surface area contributed by atoms with Crippen LogP contribution in [0, 0.1) is 5.92 Å². The molecule has 0 aromatic rings. The average molecular weight is 288 g/mol. The van der Waals surface area contributed by atoms with Gasteiger partial charge in [-0.1, -0.05) is 26.0 Å². The second kappa shape index (κ2) is 8.87. The van der Waals surface area contributed by atoms with Gasteiger partial charge in [0, 0.05) is 18.0 Å². The fourth-order valence-corrected chi connectivity index (χ4v) is 2.38. The third kappa shape index (κ3) is 10.5. The van der Waals surface area contributed by atoms with Crippen molar-refractivity contribution in [2.75, 3.05) is 6.54 Å². The molecule has 0 aliphatic carbocycles. The first-order valence-corrected chi connectivity index (χ1v) is 7.91. The third-order valence-electron chi connectivity index (χ3n) is 2.12. The van der Waals surface area contributed by atoms with Gasteiger partial charge in [-0.25, -0.2) is 13.1 Å². The van der Waals surface area contributed by atoms with E-state index in [9.17, 15) is 13.2 Å². The molecule has 0 fully saturated rings. The maximum atomic E-state index is 11.4. The lowest BCUT2D eigenvalue weighted by Crippen LogP contribution is -2.30. The van der Waals surface area contributed by atoms with Crippen molar-refractivity contribution >= 4 is 15.9 Å². The van der Waals surface area contributed by atoms with E-state index in [2.05, 4.69) is 10.0 Å². The molecule has 0 saturated carbocycles. The van der Waals surface area contributed by atoms with Gasteiger partial charge in [-0.3, -0.25) is 4.79 Å². The molecule has 1 unspecified atom stereocenters. The van der Waals surface area contributed by atoms with E-state index in [1.54, 1.807) is 19.9 Å². The zero-order chi connectivity index (χ0) is 14.9. The van der Waals surface area contributed by atoms with Crippen molar-refractivity contribution in [3.8, 4) is 0 Å². The second-order valence-electron chi connectivity index (χ2n) is 4.81. The first kappa shape index (κ1) is 17.9. The van der Waals surface area contributed by atoms with Gasteiger partial charge in [-0.05, 0) is 32.3 Å². The summed E-state index contributed by atoms with van der Waals surface area (Å²) < 4.78 is 25.3. The van der Waals surface area contributed by atoms with Crippen LogP contribution in [0.5, 0.6) is 0 Å². The highest BCUT2D eigenvalue weighted by molar-refractivity contribution is 7.92. The summed E-state index contributed by atoms with van der Waals surface area (Å²) in [6.45, 7) is 8.05. The molecule has 19 heavy (non-hydrogen) atoms. The van der Waals surface area contributed by atoms with Crippen LogP contribution in [0.25, 0.3) is 0 Å². The first-order valence-electron chi connectivity index (χ1n) is 6.36. The lowest BCUT2D eigenvalue weighted by atomic mass is 10.2. The highest BCUT2D eigenvalue weighted by Crippen LogP contribution is 1.97. The molecule has 0 saturated heterocycles. The van der Waals surface area contributed by atoms with Crippen LogP contribution in [0.15, 0.2) is 23.6 Å². The quantitative estimate of drug-likeness (QED) is 0.665. The highest BCUT2D eigenvalue weighted by Gasteiger charge is 2.09. The lowest BCUT2D eigenvalue weighted by Gasteiger charge is -2.09. The first-order chi connectivity index (χ1) is 8.76. The minimum atomic E-state index is -3.37. The summed E-state index contributed by atoms with van der Waals surface area (Å²) in [5.74, 6) is 0.251. The van der Waals surface area contributed by atoms with Gasteiger partial charge in [0.25, 0.3) is 0 Å². The molecule has 5 nitrogen and oxygen atoms in total. The topological polar surface area (TPSA) is 75.3 Å². The van der Waals surface area contributed by atoms with Gasteiger partial charge < -0.3 is 5.32 Å². The van der Waals surface area contributed by atoms with Crippen LogP contribution in [0.2, 0.25) is 0 Å². The van der Waals surface area contributed by atoms with E-state index < -0.39 is 10.0 Å². The second-order valence-corrected chi connectivity index (χ2v) is 6.41. The number of hydrogen-bond donors (Lipinski definition) is 2. The molecule has 110 valence electrons.